The minimum absolute atomic E-state index is 0.325. The van der Waals surface area contributed by atoms with Crippen LogP contribution in [-0.4, -0.2) is 55.8 Å². The van der Waals surface area contributed by atoms with Crippen LogP contribution in [0.5, 0.6) is 5.75 Å². The number of nitrogens with zero attached hydrogens (tertiary/aromatic N) is 2. The van der Waals surface area contributed by atoms with E-state index in [4.69, 9.17) is 16.3 Å². The molecule has 0 atom stereocenters. The first-order valence-corrected chi connectivity index (χ1v) is 12.0. The number of halogens is 1. The third kappa shape index (κ3) is 5.57. The molecule has 172 valence electrons. The van der Waals surface area contributed by atoms with E-state index >= 15 is 0 Å². The highest BCUT2D eigenvalue weighted by atomic mass is 35.5. The number of carboxylic acids is 1. The Morgan fingerprint density at radius 2 is 1.66 bits per heavy atom. The molecule has 2 aromatic carbocycles. The highest BCUT2D eigenvalue weighted by Gasteiger charge is 2.28. The molecule has 6 heteroatoms. The Morgan fingerprint density at radius 1 is 1.00 bits per heavy atom. The van der Waals surface area contributed by atoms with Gasteiger partial charge < -0.3 is 19.6 Å². The minimum Gasteiger partial charge on any atom is -0.495 e. The molecule has 2 fully saturated rings. The molecule has 0 saturated carbocycles. The maximum Gasteiger partial charge on any atom is 0.337 e. The molecule has 0 amide bonds. The van der Waals surface area contributed by atoms with E-state index < -0.39 is 5.97 Å². The number of benzene rings is 2. The van der Waals surface area contributed by atoms with Crippen LogP contribution in [0.2, 0.25) is 5.02 Å². The first-order chi connectivity index (χ1) is 15.5. The maximum absolute atomic E-state index is 11.7. The van der Waals surface area contributed by atoms with Gasteiger partial charge in [0.15, 0.2) is 0 Å². The molecule has 2 aliphatic heterocycles. The zero-order valence-corrected chi connectivity index (χ0v) is 19.6. The van der Waals surface area contributed by atoms with Crippen LogP contribution >= 0.6 is 11.6 Å². The van der Waals surface area contributed by atoms with Crippen molar-refractivity contribution >= 4 is 23.3 Å². The van der Waals surface area contributed by atoms with Crippen molar-refractivity contribution in [3.05, 3.63) is 58.6 Å². The van der Waals surface area contributed by atoms with Crippen molar-refractivity contribution < 1.29 is 14.6 Å². The summed E-state index contributed by atoms with van der Waals surface area (Å²) in [4.78, 5) is 16.5. The largest absolute Gasteiger partial charge is 0.495 e. The molecule has 4 rings (SSSR count). The van der Waals surface area contributed by atoms with Gasteiger partial charge in [-0.25, -0.2) is 4.79 Å². The smallest absolute Gasteiger partial charge is 0.337 e. The van der Waals surface area contributed by atoms with Gasteiger partial charge in [0.1, 0.15) is 5.75 Å². The summed E-state index contributed by atoms with van der Waals surface area (Å²) >= 11 is 6.00. The third-order valence-corrected chi connectivity index (χ3v) is 7.29. The van der Waals surface area contributed by atoms with Gasteiger partial charge in [0, 0.05) is 24.7 Å². The summed E-state index contributed by atoms with van der Waals surface area (Å²) < 4.78 is 5.48. The van der Waals surface area contributed by atoms with Crippen LogP contribution in [0.4, 0.5) is 5.69 Å². The number of piperidine rings is 2. The van der Waals surface area contributed by atoms with Crippen LogP contribution in [0.1, 0.15) is 41.6 Å². The number of ether oxygens (including phenoxy) is 1. The fraction of sp³-hybridized carbons (Fsp3) is 0.500. The highest BCUT2D eigenvalue weighted by molar-refractivity contribution is 6.30. The number of anilines is 1. The standard InChI is InChI=1S/C26H33ClN2O3/c1-32-24-4-2-3-23(26(30)31)25(24)29-15-11-21(12-16-29)18-28-13-9-20(10-14-28)17-19-5-7-22(27)8-6-19/h2-8,20-21H,9-18H2,1H3,(H,30,31). The van der Waals surface area contributed by atoms with Gasteiger partial charge in [0.2, 0.25) is 0 Å². The molecule has 2 aromatic rings. The molecule has 2 aliphatic rings. The van der Waals surface area contributed by atoms with E-state index in [1.807, 2.05) is 18.2 Å². The molecule has 0 aromatic heterocycles. The predicted octanol–water partition coefficient (Wildman–Crippen LogP) is 5.22. The molecular formula is C26H33ClN2O3. The fourth-order valence-electron chi connectivity index (χ4n) is 5.22. The zero-order chi connectivity index (χ0) is 22.5. The topological polar surface area (TPSA) is 53.0 Å². The van der Waals surface area contributed by atoms with Gasteiger partial charge in [-0.1, -0.05) is 29.8 Å². The Morgan fingerprint density at radius 3 is 2.28 bits per heavy atom. The number of rotatable bonds is 7. The van der Waals surface area contributed by atoms with Gasteiger partial charge in [0.05, 0.1) is 18.4 Å². The van der Waals surface area contributed by atoms with E-state index in [2.05, 4.69) is 21.9 Å². The van der Waals surface area contributed by atoms with Crippen molar-refractivity contribution in [2.24, 2.45) is 11.8 Å². The minimum atomic E-state index is -0.900. The normalized spacial score (nSPS) is 18.6. The van der Waals surface area contributed by atoms with Crippen molar-refractivity contribution in [2.75, 3.05) is 44.7 Å². The summed E-state index contributed by atoms with van der Waals surface area (Å²) in [7, 11) is 1.60. The van der Waals surface area contributed by atoms with Crippen molar-refractivity contribution in [3.63, 3.8) is 0 Å². The molecule has 2 saturated heterocycles. The van der Waals surface area contributed by atoms with Crippen LogP contribution in [0.15, 0.2) is 42.5 Å². The number of carbonyl (C=O) groups is 1. The van der Waals surface area contributed by atoms with Crippen LogP contribution in [-0.2, 0) is 6.42 Å². The Balaban J connectivity index is 1.26. The first kappa shape index (κ1) is 22.9. The second-order valence-corrected chi connectivity index (χ2v) is 9.60. The summed E-state index contributed by atoms with van der Waals surface area (Å²) in [6.07, 6.45) is 5.83. The summed E-state index contributed by atoms with van der Waals surface area (Å²) in [5.74, 6) is 1.17. The lowest BCUT2D eigenvalue weighted by molar-refractivity contribution is 0.0697. The Hall–Kier alpha value is -2.24. The van der Waals surface area contributed by atoms with Gasteiger partial charge >= 0.3 is 5.97 Å². The number of methoxy groups -OCH3 is 1. The summed E-state index contributed by atoms with van der Waals surface area (Å²) in [5.41, 5.74) is 2.44. The van der Waals surface area contributed by atoms with Crippen molar-refractivity contribution in [2.45, 2.75) is 32.1 Å². The molecule has 0 radical (unpaired) electrons. The predicted molar refractivity (Wildman–Crippen MR) is 129 cm³/mol. The molecule has 0 aliphatic carbocycles. The summed E-state index contributed by atoms with van der Waals surface area (Å²) in [6.45, 7) is 5.25. The van der Waals surface area contributed by atoms with Crippen molar-refractivity contribution in [3.8, 4) is 5.75 Å². The lowest BCUT2D eigenvalue weighted by Crippen LogP contribution is -2.42. The SMILES string of the molecule is COc1cccc(C(=O)O)c1N1CCC(CN2CCC(Cc3ccc(Cl)cc3)CC2)CC1. The van der Waals surface area contributed by atoms with Crippen LogP contribution < -0.4 is 9.64 Å². The van der Waals surface area contributed by atoms with Crippen LogP contribution in [0.3, 0.4) is 0 Å². The van der Waals surface area contributed by atoms with Gasteiger partial charge in [0.25, 0.3) is 0 Å². The number of aromatic carboxylic acids is 1. The lowest BCUT2D eigenvalue weighted by atomic mass is 9.89. The molecule has 32 heavy (non-hydrogen) atoms. The molecule has 2 heterocycles. The second-order valence-electron chi connectivity index (χ2n) is 9.17. The molecule has 0 spiro atoms. The highest BCUT2D eigenvalue weighted by Crippen LogP contribution is 2.35. The van der Waals surface area contributed by atoms with Gasteiger partial charge in [-0.2, -0.15) is 0 Å². The van der Waals surface area contributed by atoms with Crippen LogP contribution in [0, 0.1) is 11.8 Å². The number of hydrogen-bond acceptors (Lipinski definition) is 4. The quantitative estimate of drug-likeness (QED) is 0.619. The average molecular weight is 457 g/mol. The van der Waals surface area contributed by atoms with E-state index in [0.29, 0.717) is 17.2 Å². The molecular weight excluding hydrogens is 424 g/mol. The second kappa shape index (κ2) is 10.6. The number of hydrogen-bond donors (Lipinski definition) is 1. The molecule has 0 unspecified atom stereocenters. The molecule has 0 bridgehead atoms. The molecule has 5 nitrogen and oxygen atoms in total. The Labute approximate surface area is 195 Å². The third-order valence-electron chi connectivity index (χ3n) is 7.04. The number of likely N-dealkylation sites (tertiary alicyclic amines) is 1. The lowest BCUT2D eigenvalue weighted by Gasteiger charge is -2.39. The average Bonchev–Trinajstić information content (AvgIpc) is 2.82. The molecule has 1 N–H and O–H groups in total. The Kier molecular flexibility index (Phi) is 7.59. The van der Waals surface area contributed by atoms with Gasteiger partial charge in [-0.15, -0.1) is 0 Å². The summed E-state index contributed by atoms with van der Waals surface area (Å²) in [5, 5.41) is 10.4. The van der Waals surface area contributed by atoms with Gasteiger partial charge in [-0.3, -0.25) is 0 Å². The fourth-order valence-corrected chi connectivity index (χ4v) is 5.34. The van der Waals surface area contributed by atoms with Crippen molar-refractivity contribution in [1.29, 1.82) is 0 Å². The summed E-state index contributed by atoms with van der Waals surface area (Å²) in [6, 6.07) is 13.5. The van der Waals surface area contributed by atoms with E-state index in [1.54, 1.807) is 19.2 Å². The van der Waals surface area contributed by atoms with E-state index in [-0.39, 0.29) is 0 Å². The van der Waals surface area contributed by atoms with E-state index in [9.17, 15) is 9.90 Å². The monoisotopic (exact) mass is 456 g/mol. The zero-order valence-electron chi connectivity index (χ0n) is 18.8. The van der Waals surface area contributed by atoms with E-state index in [1.165, 1.54) is 31.5 Å². The maximum atomic E-state index is 11.7. The number of carboxylic acid groups (broad SMARTS) is 1. The van der Waals surface area contributed by atoms with Gasteiger partial charge in [-0.05, 0) is 86.9 Å². The van der Waals surface area contributed by atoms with Crippen molar-refractivity contribution in [1.82, 2.24) is 4.90 Å². The number of para-hydroxylation sites is 1. The van der Waals surface area contributed by atoms with E-state index in [0.717, 1.165) is 55.5 Å². The first-order valence-electron chi connectivity index (χ1n) is 11.7. The van der Waals surface area contributed by atoms with Crippen LogP contribution in [0.25, 0.3) is 0 Å². The Bertz CT molecular complexity index is 902.